The zero-order valence-electron chi connectivity index (χ0n) is 8.99. The summed E-state index contributed by atoms with van der Waals surface area (Å²) in [6, 6.07) is 7.89. The summed E-state index contributed by atoms with van der Waals surface area (Å²) in [6.45, 7) is 2.07. The van der Waals surface area contributed by atoms with Crippen LogP contribution in [0, 0.1) is 0 Å². The van der Waals surface area contributed by atoms with Gasteiger partial charge in [0.2, 0.25) is 0 Å². The highest BCUT2D eigenvalue weighted by Gasteiger charge is 2.30. The maximum atomic E-state index is 11.3. The molecule has 0 heterocycles. The summed E-state index contributed by atoms with van der Waals surface area (Å²) >= 11 is 0. The number of ketones is 1. The quantitative estimate of drug-likeness (QED) is 0.736. The van der Waals surface area contributed by atoms with Gasteiger partial charge < -0.3 is 4.74 Å². The molecule has 0 spiro atoms. The maximum absolute atomic E-state index is 11.3. The van der Waals surface area contributed by atoms with Crippen LogP contribution in [0.15, 0.2) is 36.4 Å². The van der Waals surface area contributed by atoms with Gasteiger partial charge in [-0.2, -0.15) is 0 Å². The molecule has 0 radical (unpaired) electrons. The van der Waals surface area contributed by atoms with Gasteiger partial charge in [-0.3, -0.25) is 4.79 Å². The summed E-state index contributed by atoms with van der Waals surface area (Å²) in [4.78, 5) is 11.3. The monoisotopic (exact) mass is 202 g/mol. The van der Waals surface area contributed by atoms with E-state index in [0.29, 0.717) is 6.42 Å². The van der Waals surface area contributed by atoms with Crippen LogP contribution in [0.2, 0.25) is 0 Å². The number of carbonyl (C=O) groups is 1. The number of benzene rings is 1. The third kappa shape index (κ3) is 1.80. The zero-order chi connectivity index (χ0) is 10.9. The van der Waals surface area contributed by atoms with Crippen molar-refractivity contribution < 1.29 is 9.53 Å². The Hall–Kier alpha value is -1.57. The Labute approximate surface area is 89.6 Å². The summed E-state index contributed by atoms with van der Waals surface area (Å²) in [6.07, 6.45) is 4.20. The van der Waals surface area contributed by atoms with Crippen molar-refractivity contribution in [2.45, 2.75) is 18.8 Å². The topological polar surface area (TPSA) is 26.3 Å². The Morgan fingerprint density at radius 1 is 1.40 bits per heavy atom. The first-order chi connectivity index (χ1) is 7.14. The number of methoxy groups -OCH3 is 1. The molecule has 15 heavy (non-hydrogen) atoms. The lowest BCUT2D eigenvalue weighted by atomic mass is 9.82. The molecule has 0 amide bonds. The third-order valence-corrected chi connectivity index (χ3v) is 2.91. The van der Waals surface area contributed by atoms with E-state index in [1.807, 2.05) is 30.3 Å². The second kappa shape index (κ2) is 3.54. The van der Waals surface area contributed by atoms with Crippen molar-refractivity contribution >= 4 is 5.78 Å². The van der Waals surface area contributed by atoms with Crippen molar-refractivity contribution in [3.05, 3.63) is 42.0 Å². The van der Waals surface area contributed by atoms with Crippen molar-refractivity contribution in [1.29, 1.82) is 0 Å². The lowest BCUT2D eigenvalue weighted by molar-refractivity contribution is -0.114. The van der Waals surface area contributed by atoms with Gasteiger partial charge in [0.05, 0.1) is 7.11 Å². The van der Waals surface area contributed by atoms with Crippen molar-refractivity contribution in [2.24, 2.45) is 0 Å². The van der Waals surface area contributed by atoms with E-state index in [-0.39, 0.29) is 11.2 Å². The average molecular weight is 202 g/mol. The van der Waals surface area contributed by atoms with Gasteiger partial charge in [-0.1, -0.05) is 25.1 Å². The number of hydrogen-bond acceptors (Lipinski definition) is 2. The standard InChI is InChI=1S/C13H14O2/c1-13(7-6-11(14)9-13)10-4-3-5-12(8-10)15-2/h3-8H,9H2,1-2H3. The molecular formula is C13H14O2. The summed E-state index contributed by atoms with van der Waals surface area (Å²) in [5, 5.41) is 0. The highest BCUT2D eigenvalue weighted by Crippen LogP contribution is 2.35. The van der Waals surface area contributed by atoms with Crippen molar-refractivity contribution in [2.75, 3.05) is 7.11 Å². The summed E-state index contributed by atoms with van der Waals surface area (Å²) in [5.41, 5.74) is 0.968. The first-order valence-electron chi connectivity index (χ1n) is 5.01. The molecule has 1 aliphatic rings. The van der Waals surface area contributed by atoms with Gasteiger partial charge in [-0.05, 0) is 23.8 Å². The molecule has 0 N–H and O–H groups in total. The van der Waals surface area contributed by atoms with E-state index >= 15 is 0 Å². The Bertz CT molecular complexity index is 420. The van der Waals surface area contributed by atoms with E-state index in [1.54, 1.807) is 13.2 Å². The van der Waals surface area contributed by atoms with Gasteiger partial charge in [0, 0.05) is 11.8 Å². The van der Waals surface area contributed by atoms with Gasteiger partial charge in [0.25, 0.3) is 0 Å². The molecule has 1 atom stereocenters. The molecule has 78 valence electrons. The van der Waals surface area contributed by atoms with Crippen molar-refractivity contribution in [3.63, 3.8) is 0 Å². The fourth-order valence-corrected chi connectivity index (χ4v) is 1.93. The van der Waals surface area contributed by atoms with Gasteiger partial charge in [0.1, 0.15) is 5.75 Å². The van der Waals surface area contributed by atoms with E-state index in [9.17, 15) is 4.79 Å². The summed E-state index contributed by atoms with van der Waals surface area (Å²) in [7, 11) is 1.65. The second-order valence-corrected chi connectivity index (χ2v) is 4.13. The SMILES string of the molecule is COc1cccc(C2(C)C=CC(=O)C2)c1. The van der Waals surface area contributed by atoms with Gasteiger partial charge in [-0.15, -0.1) is 0 Å². The first kappa shape index (κ1) is 9.97. The number of carbonyl (C=O) groups excluding carboxylic acids is 1. The Morgan fingerprint density at radius 3 is 2.80 bits per heavy atom. The molecular weight excluding hydrogens is 188 g/mol. The maximum Gasteiger partial charge on any atom is 0.156 e. The molecule has 1 aromatic rings. The molecule has 1 aromatic carbocycles. The molecule has 0 saturated heterocycles. The normalized spacial score (nSPS) is 24.5. The van der Waals surface area contributed by atoms with Gasteiger partial charge in [-0.25, -0.2) is 0 Å². The lowest BCUT2D eigenvalue weighted by Crippen LogP contribution is -2.17. The molecule has 0 aliphatic heterocycles. The average Bonchev–Trinajstić information content (AvgIpc) is 2.60. The molecule has 0 bridgehead atoms. The second-order valence-electron chi connectivity index (χ2n) is 4.13. The number of rotatable bonds is 2. The van der Waals surface area contributed by atoms with E-state index in [2.05, 4.69) is 6.92 Å². The zero-order valence-corrected chi connectivity index (χ0v) is 8.99. The minimum atomic E-state index is -0.161. The van der Waals surface area contributed by atoms with Gasteiger partial charge in [0.15, 0.2) is 5.78 Å². The van der Waals surface area contributed by atoms with E-state index < -0.39 is 0 Å². The molecule has 0 saturated carbocycles. The van der Waals surface area contributed by atoms with Crippen LogP contribution in [0.5, 0.6) is 5.75 Å². The molecule has 2 heteroatoms. The Kier molecular flexibility index (Phi) is 2.35. The molecule has 1 aliphatic carbocycles. The van der Waals surface area contributed by atoms with Crippen LogP contribution in [0.25, 0.3) is 0 Å². The van der Waals surface area contributed by atoms with Crippen molar-refractivity contribution in [3.8, 4) is 5.75 Å². The number of ether oxygens (including phenoxy) is 1. The Balaban J connectivity index is 2.37. The van der Waals surface area contributed by atoms with Crippen LogP contribution >= 0.6 is 0 Å². The number of hydrogen-bond donors (Lipinski definition) is 0. The van der Waals surface area contributed by atoms with Crippen LogP contribution in [-0.4, -0.2) is 12.9 Å². The summed E-state index contributed by atoms with van der Waals surface area (Å²) < 4.78 is 5.18. The minimum absolute atomic E-state index is 0.161. The number of allylic oxidation sites excluding steroid dienone is 2. The molecule has 2 rings (SSSR count). The van der Waals surface area contributed by atoms with E-state index in [1.165, 1.54) is 0 Å². The predicted octanol–water partition coefficient (Wildman–Crippen LogP) is 2.48. The fourth-order valence-electron chi connectivity index (χ4n) is 1.93. The Morgan fingerprint density at radius 2 is 2.20 bits per heavy atom. The molecule has 1 unspecified atom stereocenters. The highest BCUT2D eigenvalue weighted by molar-refractivity contribution is 5.94. The smallest absolute Gasteiger partial charge is 0.156 e. The van der Waals surface area contributed by atoms with Crippen LogP contribution in [0.4, 0.5) is 0 Å². The van der Waals surface area contributed by atoms with Crippen LogP contribution in [0.3, 0.4) is 0 Å². The summed E-state index contributed by atoms with van der Waals surface area (Å²) in [5.74, 6) is 1.03. The predicted molar refractivity (Wildman–Crippen MR) is 59.1 cm³/mol. The minimum Gasteiger partial charge on any atom is -0.497 e. The lowest BCUT2D eigenvalue weighted by Gasteiger charge is -2.21. The molecule has 0 aromatic heterocycles. The van der Waals surface area contributed by atoms with Crippen molar-refractivity contribution in [1.82, 2.24) is 0 Å². The van der Waals surface area contributed by atoms with Crippen LogP contribution in [-0.2, 0) is 10.2 Å². The molecule has 2 nitrogen and oxygen atoms in total. The third-order valence-electron chi connectivity index (χ3n) is 2.91. The van der Waals surface area contributed by atoms with Crippen LogP contribution in [0.1, 0.15) is 18.9 Å². The van der Waals surface area contributed by atoms with Crippen LogP contribution < -0.4 is 4.74 Å². The van der Waals surface area contributed by atoms with E-state index in [4.69, 9.17) is 4.74 Å². The largest absolute Gasteiger partial charge is 0.497 e. The fraction of sp³-hybridized carbons (Fsp3) is 0.308. The highest BCUT2D eigenvalue weighted by atomic mass is 16.5. The van der Waals surface area contributed by atoms with E-state index in [0.717, 1.165) is 11.3 Å². The molecule has 0 fully saturated rings. The first-order valence-corrected chi connectivity index (χ1v) is 5.01. The van der Waals surface area contributed by atoms with Gasteiger partial charge >= 0.3 is 0 Å².